The van der Waals surface area contributed by atoms with Crippen LogP contribution in [0, 0.1) is 0 Å². The first-order valence-electron chi connectivity index (χ1n) is 3.75. The van der Waals surface area contributed by atoms with Crippen molar-refractivity contribution in [3.63, 3.8) is 0 Å². The second kappa shape index (κ2) is 3.14. The average Bonchev–Trinajstić information content (AvgIpc) is 2.55. The number of pyridine rings is 1. The van der Waals surface area contributed by atoms with Crippen molar-refractivity contribution in [1.29, 1.82) is 0 Å². The molecule has 0 unspecified atom stereocenters. The van der Waals surface area contributed by atoms with Gasteiger partial charge in [-0.1, -0.05) is 6.07 Å². The van der Waals surface area contributed by atoms with Crippen molar-refractivity contribution in [2.45, 2.75) is 0 Å². The Labute approximate surface area is 80.2 Å². The van der Waals surface area contributed by atoms with Crippen LogP contribution in [0.3, 0.4) is 0 Å². The van der Waals surface area contributed by atoms with Crippen LogP contribution in [0.2, 0.25) is 0 Å². The Hall–Kier alpha value is -1.42. The van der Waals surface area contributed by atoms with Gasteiger partial charge in [-0.3, -0.25) is 4.84 Å². The summed E-state index contributed by atoms with van der Waals surface area (Å²) in [5.41, 5.74) is 1.57. The summed E-state index contributed by atoms with van der Waals surface area (Å²) in [5, 5.41) is 4.15. The van der Waals surface area contributed by atoms with Crippen molar-refractivity contribution in [2.24, 2.45) is 0 Å². The summed E-state index contributed by atoms with van der Waals surface area (Å²) in [4.78, 5) is 2.53. The molecule has 13 heavy (non-hydrogen) atoms. The maximum absolute atomic E-state index is 5.55. The fourth-order valence-electron chi connectivity index (χ4n) is 1.21. The lowest BCUT2D eigenvalue weighted by Crippen LogP contribution is -1.86. The first-order valence-corrected chi connectivity index (χ1v) is 4.12. The van der Waals surface area contributed by atoms with E-state index in [-0.39, 0.29) is 0 Å². The fourth-order valence-corrected chi connectivity index (χ4v) is 1.39. The largest absolute Gasteiger partial charge is 0.478 e. The van der Waals surface area contributed by atoms with Gasteiger partial charge in [-0.15, -0.1) is 5.10 Å². The van der Waals surface area contributed by atoms with Gasteiger partial charge in [-0.05, 0) is 12.1 Å². The number of methoxy groups -OCH3 is 1. The van der Waals surface area contributed by atoms with Gasteiger partial charge in [0.15, 0.2) is 0 Å². The zero-order valence-electron chi connectivity index (χ0n) is 6.99. The van der Waals surface area contributed by atoms with Crippen molar-refractivity contribution >= 4 is 23.0 Å². The molecule has 68 valence electrons. The molecule has 0 aliphatic rings. The molecule has 2 aromatic heterocycles. The smallest absolute Gasteiger partial charge is 0.258 e. The first-order chi connectivity index (χ1) is 6.36. The molecule has 0 amide bonds. The molecule has 2 heterocycles. The maximum Gasteiger partial charge on any atom is 0.258 e. The van der Waals surface area contributed by atoms with Crippen molar-refractivity contribution in [2.75, 3.05) is 11.9 Å². The minimum Gasteiger partial charge on any atom is -0.478 e. The van der Waals surface area contributed by atoms with Gasteiger partial charge in [0.25, 0.3) is 5.88 Å². The number of nitrogens with one attached hydrogen (secondary N) is 1. The lowest BCUT2D eigenvalue weighted by atomic mass is 10.4. The van der Waals surface area contributed by atoms with E-state index in [1.54, 1.807) is 11.6 Å². The summed E-state index contributed by atoms with van der Waals surface area (Å²) in [7, 11) is 1.56. The molecule has 4 nitrogen and oxygen atoms in total. The molecule has 0 radical (unpaired) electrons. The number of hydrogen-bond acceptors (Lipinski definition) is 3. The summed E-state index contributed by atoms with van der Waals surface area (Å²) in [6.07, 6.45) is 1.83. The van der Waals surface area contributed by atoms with Crippen LogP contribution in [0.25, 0.3) is 5.52 Å². The van der Waals surface area contributed by atoms with Gasteiger partial charge in [-0.2, -0.15) is 0 Å². The van der Waals surface area contributed by atoms with Crippen LogP contribution in [0.15, 0.2) is 24.4 Å². The number of anilines is 1. The van der Waals surface area contributed by atoms with Crippen LogP contribution < -0.4 is 9.57 Å². The number of rotatable bonds is 2. The SMILES string of the molecule is COc1nn2ccccc2c1NCl. The van der Waals surface area contributed by atoms with E-state index in [4.69, 9.17) is 16.5 Å². The Morgan fingerprint density at radius 1 is 1.54 bits per heavy atom. The standard InChI is InChI=1S/C8H8ClN3O/c1-13-8-7(10-9)6-4-2-3-5-12(6)11-8/h2-5,10H,1H3. The third kappa shape index (κ3) is 1.19. The Bertz CT molecular complexity index is 426. The van der Waals surface area contributed by atoms with E-state index >= 15 is 0 Å². The van der Waals surface area contributed by atoms with Crippen molar-refractivity contribution in [3.05, 3.63) is 24.4 Å². The predicted octanol–water partition coefficient (Wildman–Crippen LogP) is 1.91. The number of halogens is 1. The molecular weight excluding hydrogens is 190 g/mol. The number of ether oxygens (including phenoxy) is 1. The summed E-state index contributed by atoms with van der Waals surface area (Å²) < 4.78 is 6.74. The Morgan fingerprint density at radius 3 is 3.08 bits per heavy atom. The molecule has 1 N–H and O–H groups in total. The normalized spacial score (nSPS) is 10.3. The number of aromatic nitrogens is 2. The highest BCUT2D eigenvalue weighted by Crippen LogP contribution is 2.28. The van der Waals surface area contributed by atoms with Gasteiger partial charge in [0.1, 0.15) is 5.69 Å². The topological polar surface area (TPSA) is 38.6 Å². The molecule has 0 aliphatic carbocycles. The van der Waals surface area contributed by atoms with Crippen LogP contribution in [0.1, 0.15) is 0 Å². The number of nitrogens with zero attached hydrogens (tertiary/aromatic N) is 2. The van der Waals surface area contributed by atoms with Gasteiger partial charge in [0, 0.05) is 18.0 Å². The monoisotopic (exact) mass is 197 g/mol. The highest BCUT2D eigenvalue weighted by Gasteiger charge is 2.10. The van der Waals surface area contributed by atoms with Crippen molar-refractivity contribution < 1.29 is 4.74 Å². The average molecular weight is 198 g/mol. The minimum atomic E-state index is 0.487. The van der Waals surface area contributed by atoms with E-state index < -0.39 is 0 Å². The van der Waals surface area contributed by atoms with Gasteiger partial charge in [0.05, 0.1) is 12.6 Å². The van der Waals surface area contributed by atoms with E-state index in [1.807, 2.05) is 24.4 Å². The molecule has 0 spiro atoms. The molecular formula is C8H8ClN3O. The third-order valence-electron chi connectivity index (χ3n) is 1.80. The molecule has 0 aliphatic heterocycles. The molecule has 2 rings (SSSR count). The molecule has 0 saturated heterocycles. The number of hydrogen-bond donors (Lipinski definition) is 1. The second-order valence-electron chi connectivity index (χ2n) is 2.51. The predicted molar refractivity (Wildman–Crippen MR) is 51.2 cm³/mol. The highest BCUT2D eigenvalue weighted by atomic mass is 35.5. The molecule has 0 bridgehead atoms. The van der Waals surface area contributed by atoms with Crippen LogP contribution in [0.4, 0.5) is 5.69 Å². The van der Waals surface area contributed by atoms with E-state index in [0.29, 0.717) is 11.6 Å². The van der Waals surface area contributed by atoms with Crippen molar-refractivity contribution in [1.82, 2.24) is 9.61 Å². The van der Waals surface area contributed by atoms with E-state index in [2.05, 4.69) is 9.93 Å². The van der Waals surface area contributed by atoms with E-state index in [1.165, 1.54) is 0 Å². The molecule has 0 aromatic carbocycles. The second-order valence-corrected chi connectivity index (χ2v) is 2.70. The summed E-state index contributed by atoms with van der Waals surface area (Å²) >= 11 is 5.55. The van der Waals surface area contributed by atoms with E-state index in [9.17, 15) is 0 Å². The first kappa shape index (κ1) is 8.19. The molecule has 0 fully saturated rings. The van der Waals surface area contributed by atoms with Crippen LogP contribution in [0.5, 0.6) is 5.88 Å². The van der Waals surface area contributed by atoms with Crippen molar-refractivity contribution in [3.8, 4) is 5.88 Å². The molecule has 2 aromatic rings. The Kier molecular flexibility index (Phi) is 1.98. The molecule has 5 heteroatoms. The summed E-state index contributed by atoms with van der Waals surface area (Å²) in [6, 6.07) is 5.70. The van der Waals surface area contributed by atoms with Crippen LogP contribution in [-0.2, 0) is 0 Å². The molecule has 0 saturated carbocycles. The summed E-state index contributed by atoms with van der Waals surface area (Å²) in [5.74, 6) is 0.487. The fraction of sp³-hybridized carbons (Fsp3) is 0.125. The zero-order chi connectivity index (χ0) is 9.26. The van der Waals surface area contributed by atoms with Gasteiger partial charge in [0.2, 0.25) is 0 Å². The molecule has 0 atom stereocenters. The van der Waals surface area contributed by atoms with Gasteiger partial charge >= 0.3 is 0 Å². The quantitative estimate of drug-likeness (QED) is 0.748. The van der Waals surface area contributed by atoms with Gasteiger partial charge < -0.3 is 4.74 Å². The van der Waals surface area contributed by atoms with Gasteiger partial charge in [-0.25, -0.2) is 4.52 Å². The number of fused-ring (bicyclic) bond motifs is 1. The zero-order valence-corrected chi connectivity index (χ0v) is 7.75. The Balaban J connectivity index is 2.73. The third-order valence-corrected chi connectivity index (χ3v) is 1.98. The minimum absolute atomic E-state index is 0.487. The lowest BCUT2D eigenvalue weighted by Gasteiger charge is -1.96. The Morgan fingerprint density at radius 2 is 2.38 bits per heavy atom. The van der Waals surface area contributed by atoms with Crippen LogP contribution >= 0.6 is 11.8 Å². The highest BCUT2D eigenvalue weighted by molar-refractivity contribution is 6.25. The van der Waals surface area contributed by atoms with Crippen LogP contribution in [-0.4, -0.2) is 16.7 Å². The summed E-state index contributed by atoms with van der Waals surface area (Å²) in [6.45, 7) is 0. The lowest BCUT2D eigenvalue weighted by molar-refractivity contribution is 0.397. The van der Waals surface area contributed by atoms with E-state index in [0.717, 1.165) is 5.52 Å². The maximum atomic E-state index is 5.55.